The first-order valence-electron chi connectivity index (χ1n) is 7.86. The summed E-state index contributed by atoms with van der Waals surface area (Å²) in [6.45, 7) is 8.90. The van der Waals surface area contributed by atoms with Gasteiger partial charge in [0.1, 0.15) is 0 Å². The van der Waals surface area contributed by atoms with Crippen molar-refractivity contribution in [1.82, 2.24) is 0 Å². The van der Waals surface area contributed by atoms with Crippen molar-refractivity contribution in [2.24, 2.45) is 0 Å². The molecule has 0 saturated carbocycles. The summed E-state index contributed by atoms with van der Waals surface area (Å²) in [6, 6.07) is 6.55. The van der Waals surface area contributed by atoms with Crippen molar-refractivity contribution in [1.29, 1.82) is 0 Å². The van der Waals surface area contributed by atoms with Crippen LogP contribution in [-0.2, 0) is 14.7 Å². The number of anilines is 1. The summed E-state index contributed by atoms with van der Waals surface area (Å²) >= 11 is -3.25. The summed E-state index contributed by atoms with van der Waals surface area (Å²) in [4.78, 5) is 0. The number of nitrogens with zero attached hydrogens (tertiary/aromatic N) is 1. The van der Waals surface area contributed by atoms with Crippen LogP contribution in [0, 0.1) is 0 Å². The van der Waals surface area contributed by atoms with Crippen LogP contribution >= 0.6 is 18.6 Å². The van der Waals surface area contributed by atoms with E-state index in [4.69, 9.17) is 18.6 Å². The zero-order chi connectivity index (χ0) is 16.5. The van der Waals surface area contributed by atoms with E-state index in [0.29, 0.717) is 11.8 Å². The van der Waals surface area contributed by atoms with Gasteiger partial charge in [-0.1, -0.05) is 0 Å². The van der Waals surface area contributed by atoms with Crippen molar-refractivity contribution in [3.8, 4) is 0 Å². The van der Waals surface area contributed by atoms with Crippen molar-refractivity contribution in [3.05, 3.63) is 53.6 Å². The molecular formula is C18H25Cl2NTi. The Balaban J connectivity index is 2.54. The molecule has 0 N–H and O–H groups in total. The SMILES string of the molecule is CC(C)c1cccc(C(C)C)c1[N](C)[Ti]([Cl])([Cl])[CH]1C=CC=C1. The molecule has 22 heavy (non-hydrogen) atoms. The Morgan fingerprint density at radius 1 is 0.955 bits per heavy atom. The zero-order valence-electron chi connectivity index (χ0n) is 14.0. The first-order chi connectivity index (χ1) is 10.3. The Morgan fingerprint density at radius 3 is 1.82 bits per heavy atom. The maximum absolute atomic E-state index is 6.96. The normalized spacial score (nSPS) is 15.3. The van der Waals surface area contributed by atoms with Crippen LogP contribution in [0.2, 0.25) is 4.22 Å². The molecule has 120 valence electrons. The number of hydrogen-bond acceptors (Lipinski definition) is 1. The second-order valence-electron chi connectivity index (χ2n) is 6.54. The fraction of sp³-hybridized carbons (Fsp3) is 0.444. The summed E-state index contributed by atoms with van der Waals surface area (Å²) in [6.07, 6.45) is 8.34. The molecule has 0 fully saturated rings. The average Bonchev–Trinajstić information content (AvgIpc) is 3.00. The zero-order valence-corrected chi connectivity index (χ0v) is 17.1. The second-order valence-corrected chi connectivity index (χ2v) is 16.0. The number of hydrogen-bond donors (Lipinski definition) is 0. The Labute approximate surface area is 146 Å². The molecule has 0 unspecified atom stereocenters. The molecule has 0 radical (unpaired) electrons. The maximum atomic E-state index is 6.96. The van der Waals surface area contributed by atoms with E-state index in [-0.39, 0.29) is 4.22 Å². The first kappa shape index (κ1) is 18.1. The molecule has 1 aromatic rings. The monoisotopic (exact) mass is 373 g/mol. The molecule has 4 heteroatoms. The van der Waals surface area contributed by atoms with Crippen molar-refractivity contribution < 1.29 is 14.7 Å². The van der Waals surface area contributed by atoms with Gasteiger partial charge in [0.2, 0.25) is 0 Å². The third-order valence-electron chi connectivity index (χ3n) is 4.27. The topological polar surface area (TPSA) is 3.24 Å². The molecule has 0 bridgehead atoms. The number of allylic oxidation sites excluding steroid dienone is 4. The van der Waals surface area contributed by atoms with Crippen molar-refractivity contribution in [2.45, 2.75) is 43.8 Å². The van der Waals surface area contributed by atoms with E-state index in [9.17, 15) is 0 Å². The van der Waals surface area contributed by atoms with E-state index in [1.54, 1.807) is 0 Å². The summed E-state index contributed by atoms with van der Waals surface area (Å²) in [7, 11) is 16.0. The molecule has 0 spiro atoms. The number of halogens is 2. The van der Waals surface area contributed by atoms with Crippen molar-refractivity contribution in [3.63, 3.8) is 0 Å². The summed E-state index contributed by atoms with van der Waals surface area (Å²) in [5, 5.41) is 0. The van der Waals surface area contributed by atoms with E-state index in [2.05, 4.69) is 68.5 Å². The van der Waals surface area contributed by atoms with Gasteiger partial charge >= 0.3 is 147 Å². The van der Waals surface area contributed by atoms with Gasteiger partial charge in [0.15, 0.2) is 0 Å². The molecule has 1 aliphatic carbocycles. The van der Waals surface area contributed by atoms with Crippen LogP contribution in [0.15, 0.2) is 42.5 Å². The molecule has 0 amide bonds. The Morgan fingerprint density at radius 2 is 1.41 bits per heavy atom. The van der Waals surface area contributed by atoms with Gasteiger partial charge in [-0.3, -0.25) is 0 Å². The summed E-state index contributed by atoms with van der Waals surface area (Å²) < 4.78 is 2.40. The van der Waals surface area contributed by atoms with Crippen molar-refractivity contribution >= 4 is 24.3 Å². The first-order valence-corrected chi connectivity index (χ1v) is 13.8. The molecule has 1 aliphatic rings. The molecule has 0 aromatic heterocycles. The predicted octanol–water partition coefficient (Wildman–Crippen LogP) is 6.66. The van der Waals surface area contributed by atoms with Crippen LogP contribution in [-0.4, -0.2) is 7.05 Å². The second kappa shape index (κ2) is 7.13. The van der Waals surface area contributed by atoms with E-state index in [0.717, 1.165) is 0 Å². The molecule has 0 atom stereocenters. The fourth-order valence-electron chi connectivity index (χ4n) is 2.94. The molecule has 0 heterocycles. The molecule has 2 rings (SSSR count). The number of rotatable bonds is 5. The van der Waals surface area contributed by atoms with Crippen LogP contribution in [0.1, 0.15) is 50.7 Å². The van der Waals surface area contributed by atoms with Crippen LogP contribution in [0.5, 0.6) is 0 Å². The third-order valence-corrected chi connectivity index (χ3v) is 12.0. The molecule has 0 aliphatic heterocycles. The van der Waals surface area contributed by atoms with Gasteiger partial charge in [0.05, 0.1) is 0 Å². The number of para-hydroxylation sites is 1. The summed E-state index contributed by atoms with van der Waals surface area (Å²) in [5.74, 6) is 0.884. The van der Waals surface area contributed by atoms with Crippen LogP contribution in [0.4, 0.5) is 5.69 Å². The third kappa shape index (κ3) is 3.48. The standard InChI is InChI=1S/C13H20N.C5H5.2ClH.Ti/c1-9(2)11-7-6-8-12(10(3)4)13(11)14-5;1-2-4-5-3-1;;;/h6-10H,1-5H3;1-5H;2*1H;/q-1;;;;+3/p-2. The Kier molecular flexibility index (Phi) is 5.88. The van der Waals surface area contributed by atoms with E-state index < -0.39 is 14.7 Å². The average molecular weight is 374 g/mol. The Bertz CT molecular complexity index is 552. The molecule has 1 aromatic carbocycles. The van der Waals surface area contributed by atoms with Crippen LogP contribution in [0.25, 0.3) is 0 Å². The van der Waals surface area contributed by atoms with Crippen LogP contribution in [0.3, 0.4) is 0 Å². The molecule has 0 saturated heterocycles. The van der Waals surface area contributed by atoms with Crippen molar-refractivity contribution in [2.75, 3.05) is 10.4 Å². The van der Waals surface area contributed by atoms with Gasteiger partial charge in [-0.05, 0) is 0 Å². The van der Waals surface area contributed by atoms with Gasteiger partial charge in [0, 0.05) is 0 Å². The molecular weight excluding hydrogens is 349 g/mol. The number of benzene rings is 1. The van der Waals surface area contributed by atoms with Gasteiger partial charge in [0.25, 0.3) is 0 Å². The molecule has 1 nitrogen and oxygen atoms in total. The Hall–Kier alpha value is -0.206. The van der Waals surface area contributed by atoms with E-state index in [1.807, 2.05) is 12.2 Å². The minimum absolute atomic E-state index is 0.175. The van der Waals surface area contributed by atoms with Gasteiger partial charge < -0.3 is 0 Å². The van der Waals surface area contributed by atoms with E-state index >= 15 is 0 Å². The minimum atomic E-state index is -3.25. The summed E-state index contributed by atoms with van der Waals surface area (Å²) in [5.41, 5.74) is 3.90. The fourth-order valence-corrected chi connectivity index (χ4v) is 7.47. The quantitative estimate of drug-likeness (QED) is 0.521. The van der Waals surface area contributed by atoms with Gasteiger partial charge in [-0.25, -0.2) is 0 Å². The van der Waals surface area contributed by atoms with Gasteiger partial charge in [-0.15, -0.1) is 0 Å². The van der Waals surface area contributed by atoms with Crippen LogP contribution < -0.4 is 3.38 Å². The van der Waals surface area contributed by atoms with Gasteiger partial charge in [-0.2, -0.15) is 0 Å². The predicted molar refractivity (Wildman–Crippen MR) is 96.8 cm³/mol. The van der Waals surface area contributed by atoms with E-state index in [1.165, 1.54) is 16.8 Å².